The lowest BCUT2D eigenvalue weighted by molar-refractivity contribution is -0.140. The highest BCUT2D eigenvalue weighted by molar-refractivity contribution is 7.99. The van der Waals surface area contributed by atoms with Crippen LogP contribution in [0.5, 0.6) is 0 Å². The molecular weight excluding hydrogens is 288 g/mol. The number of rotatable bonds is 10. The number of carbonyl (C=O) groups excluding carboxylic acids is 1. The molecule has 0 rings (SSSR count). The van der Waals surface area contributed by atoms with Gasteiger partial charge in [0.15, 0.2) is 0 Å². The topological polar surface area (TPSA) is 75.7 Å². The third-order valence-electron chi connectivity index (χ3n) is 2.52. The molecule has 0 aromatic rings. The molecule has 0 aromatic heterocycles. The number of thioether (sulfide) groups is 1. The van der Waals surface area contributed by atoms with Crippen LogP contribution in [-0.4, -0.2) is 56.9 Å². The lowest BCUT2D eigenvalue weighted by atomic mass is 10.3. The van der Waals surface area contributed by atoms with Crippen LogP contribution in [0.4, 0.5) is 0 Å². The monoisotopic (exact) mass is 312 g/mol. The largest absolute Gasteiger partial charge is 0.469 e. The van der Waals surface area contributed by atoms with Gasteiger partial charge < -0.3 is 4.74 Å². The first-order valence-corrected chi connectivity index (χ1v) is 8.81. The number of carbonyl (C=O) groups is 1. The third kappa shape index (κ3) is 8.46. The summed E-state index contributed by atoms with van der Waals surface area (Å²) < 4.78 is 32.1. The summed E-state index contributed by atoms with van der Waals surface area (Å²) in [5, 5.41) is 0. The van der Waals surface area contributed by atoms with Crippen molar-refractivity contribution >= 4 is 27.9 Å². The summed E-state index contributed by atoms with van der Waals surface area (Å²) in [5.74, 6) is 1.53. The molecule has 0 saturated heterocycles. The van der Waals surface area contributed by atoms with Crippen LogP contribution in [0, 0.1) is 0 Å². The van der Waals surface area contributed by atoms with Gasteiger partial charge in [-0.05, 0) is 24.9 Å². The van der Waals surface area contributed by atoms with Crippen LogP contribution >= 0.6 is 11.8 Å². The predicted molar refractivity (Wildman–Crippen MR) is 78.4 cm³/mol. The molecule has 0 spiro atoms. The van der Waals surface area contributed by atoms with Crippen molar-refractivity contribution in [2.75, 3.05) is 32.2 Å². The van der Waals surface area contributed by atoms with Crippen molar-refractivity contribution in [3.8, 4) is 0 Å². The van der Waals surface area contributed by atoms with Crippen LogP contribution in [0.25, 0.3) is 0 Å². The molecule has 0 radical (unpaired) electrons. The van der Waals surface area contributed by atoms with E-state index in [1.165, 1.54) is 14.2 Å². The molecule has 0 saturated carbocycles. The third-order valence-corrected chi connectivity index (χ3v) is 5.15. The zero-order chi connectivity index (χ0) is 14.9. The first-order chi connectivity index (χ1) is 8.83. The molecule has 0 bridgehead atoms. The summed E-state index contributed by atoms with van der Waals surface area (Å²) in [6.07, 6.45) is 0.830. The molecule has 114 valence electrons. The zero-order valence-corrected chi connectivity index (χ0v) is 13.6. The van der Waals surface area contributed by atoms with Gasteiger partial charge in [0.2, 0.25) is 0 Å². The van der Waals surface area contributed by atoms with E-state index in [0.717, 1.165) is 22.2 Å². The summed E-state index contributed by atoms with van der Waals surface area (Å²) in [6, 6.07) is -0.121. The molecule has 0 aliphatic heterocycles. The van der Waals surface area contributed by atoms with Gasteiger partial charge in [-0.2, -0.15) is 29.2 Å². The van der Waals surface area contributed by atoms with E-state index in [0.29, 0.717) is 0 Å². The van der Waals surface area contributed by atoms with E-state index >= 15 is 0 Å². The van der Waals surface area contributed by atoms with Crippen LogP contribution < -0.4 is 4.72 Å². The van der Waals surface area contributed by atoms with E-state index in [4.69, 9.17) is 0 Å². The molecule has 6 nitrogen and oxygen atoms in total. The van der Waals surface area contributed by atoms with Gasteiger partial charge in [-0.1, -0.05) is 6.92 Å². The van der Waals surface area contributed by atoms with Crippen molar-refractivity contribution in [1.82, 2.24) is 9.03 Å². The maximum Gasteiger partial charge on any atom is 0.306 e. The average Bonchev–Trinajstić information content (AvgIpc) is 2.35. The Morgan fingerprint density at radius 3 is 2.63 bits per heavy atom. The van der Waals surface area contributed by atoms with Crippen molar-refractivity contribution in [2.24, 2.45) is 0 Å². The van der Waals surface area contributed by atoms with E-state index in [-0.39, 0.29) is 19.0 Å². The Kier molecular flexibility index (Phi) is 9.42. The zero-order valence-electron chi connectivity index (χ0n) is 12.0. The van der Waals surface area contributed by atoms with Gasteiger partial charge in [-0.15, -0.1) is 0 Å². The van der Waals surface area contributed by atoms with Crippen molar-refractivity contribution in [3.05, 3.63) is 0 Å². The summed E-state index contributed by atoms with van der Waals surface area (Å²) in [7, 11) is -0.811. The number of esters is 1. The fourth-order valence-electron chi connectivity index (χ4n) is 1.28. The van der Waals surface area contributed by atoms with Crippen molar-refractivity contribution in [3.63, 3.8) is 0 Å². The maximum atomic E-state index is 11.9. The van der Waals surface area contributed by atoms with Crippen LogP contribution in [0.3, 0.4) is 0 Å². The molecule has 8 heteroatoms. The highest BCUT2D eigenvalue weighted by Gasteiger charge is 2.20. The normalized spacial score (nSPS) is 13.5. The molecule has 1 unspecified atom stereocenters. The van der Waals surface area contributed by atoms with E-state index < -0.39 is 16.2 Å². The highest BCUT2D eigenvalue weighted by atomic mass is 32.2. The number of ether oxygens (including phenoxy) is 1. The van der Waals surface area contributed by atoms with Gasteiger partial charge in [0.25, 0.3) is 10.2 Å². The molecule has 0 heterocycles. The minimum absolute atomic E-state index is 0.0496. The molecule has 1 N–H and O–H groups in total. The van der Waals surface area contributed by atoms with Gasteiger partial charge >= 0.3 is 5.97 Å². The average molecular weight is 312 g/mol. The van der Waals surface area contributed by atoms with Crippen molar-refractivity contribution in [1.29, 1.82) is 0 Å². The SMILES string of the molecule is CCSCCC(C)NS(=O)(=O)N(C)CCC(=O)OC. The molecule has 19 heavy (non-hydrogen) atoms. The Hall–Kier alpha value is -0.310. The Morgan fingerprint density at radius 2 is 2.11 bits per heavy atom. The van der Waals surface area contributed by atoms with E-state index in [2.05, 4.69) is 16.4 Å². The van der Waals surface area contributed by atoms with Gasteiger partial charge in [-0.3, -0.25) is 4.79 Å². The Bertz CT molecular complexity index is 360. The number of nitrogens with one attached hydrogen (secondary N) is 1. The van der Waals surface area contributed by atoms with Gasteiger partial charge in [0.1, 0.15) is 0 Å². The number of hydrogen-bond donors (Lipinski definition) is 1. The second-order valence-electron chi connectivity index (χ2n) is 4.16. The Morgan fingerprint density at radius 1 is 1.47 bits per heavy atom. The lowest BCUT2D eigenvalue weighted by Crippen LogP contribution is -2.43. The van der Waals surface area contributed by atoms with Crippen LogP contribution in [0.1, 0.15) is 26.7 Å². The van der Waals surface area contributed by atoms with E-state index in [9.17, 15) is 13.2 Å². The quantitative estimate of drug-likeness (QED) is 0.478. The standard InChI is InChI=1S/C11H24N2O4S2/c1-5-18-9-7-10(2)12-19(15,16)13(3)8-6-11(14)17-4/h10,12H,5-9H2,1-4H3. The highest BCUT2D eigenvalue weighted by Crippen LogP contribution is 2.06. The van der Waals surface area contributed by atoms with E-state index in [1.807, 2.05) is 6.92 Å². The van der Waals surface area contributed by atoms with Gasteiger partial charge in [-0.25, -0.2) is 0 Å². The number of methoxy groups -OCH3 is 1. The molecule has 0 fully saturated rings. The van der Waals surface area contributed by atoms with Crippen LogP contribution in [0.15, 0.2) is 0 Å². The maximum absolute atomic E-state index is 11.9. The molecule has 1 atom stereocenters. The molecule has 0 aromatic carbocycles. The smallest absolute Gasteiger partial charge is 0.306 e. The first-order valence-electron chi connectivity index (χ1n) is 6.21. The minimum Gasteiger partial charge on any atom is -0.469 e. The van der Waals surface area contributed by atoms with E-state index in [1.54, 1.807) is 11.8 Å². The fraction of sp³-hybridized carbons (Fsp3) is 0.909. The summed E-state index contributed by atoms with van der Waals surface area (Å²) in [4.78, 5) is 11.0. The lowest BCUT2D eigenvalue weighted by Gasteiger charge is -2.20. The predicted octanol–water partition coefficient (Wildman–Crippen LogP) is 0.847. The van der Waals surface area contributed by atoms with Gasteiger partial charge in [0, 0.05) is 19.6 Å². The Labute approximate surface area is 120 Å². The minimum atomic E-state index is -3.53. The molecule has 0 amide bonds. The van der Waals surface area contributed by atoms with Gasteiger partial charge in [0.05, 0.1) is 13.5 Å². The van der Waals surface area contributed by atoms with Crippen LogP contribution in [0.2, 0.25) is 0 Å². The molecule has 0 aliphatic carbocycles. The van der Waals surface area contributed by atoms with Crippen molar-refractivity contribution in [2.45, 2.75) is 32.7 Å². The fourth-order valence-corrected chi connectivity index (χ4v) is 3.23. The summed E-state index contributed by atoms with van der Waals surface area (Å²) in [5.41, 5.74) is 0. The van der Waals surface area contributed by atoms with Crippen LogP contribution in [-0.2, 0) is 19.7 Å². The second kappa shape index (κ2) is 9.57. The number of hydrogen-bond acceptors (Lipinski definition) is 5. The summed E-state index contributed by atoms with van der Waals surface area (Å²) in [6.45, 7) is 4.01. The Balaban J connectivity index is 4.17. The summed E-state index contributed by atoms with van der Waals surface area (Å²) >= 11 is 1.78. The molecular formula is C11H24N2O4S2. The van der Waals surface area contributed by atoms with Crippen molar-refractivity contribution < 1.29 is 17.9 Å². The second-order valence-corrected chi connectivity index (χ2v) is 7.36. The molecule has 0 aliphatic rings. The first kappa shape index (κ1) is 18.7. The number of nitrogens with zero attached hydrogens (tertiary/aromatic N) is 1.